The van der Waals surface area contributed by atoms with Crippen molar-refractivity contribution in [3.8, 4) is 0 Å². The van der Waals surface area contributed by atoms with Gasteiger partial charge in [0.2, 0.25) is 0 Å². The molecule has 1 atom stereocenters. The SMILES string of the molecule is Cc1ccc(NC(Cc2ccc3ccccc3c2)C(=O)[O-])cc1.[Na+]. The molecule has 0 aliphatic carbocycles. The molecule has 0 amide bonds. The molecule has 4 heteroatoms. The summed E-state index contributed by atoms with van der Waals surface area (Å²) in [5.74, 6) is -1.10. The van der Waals surface area contributed by atoms with Crippen molar-refractivity contribution in [3.63, 3.8) is 0 Å². The van der Waals surface area contributed by atoms with E-state index in [0.29, 0.717) is 6.42 Å². The Hall–Kier alpha value is -1.81. The van der Waals surface area contributed by atoms with Crippen molar-refractivity contribution in [1.82, 2.24) is 0 Å². The third kappa shape index (κ3) is 4.60. The smallest absolute Gasteiger partial charge is 0.548 e. The first kappa shape index (κ1) is 18.5. The summed E-state index contributed by atoms with van der Waals surface area (Å²) in [6.07, 6.45) is 0.376. The van der Waals surface area contributed by atoms with E-state index in [1.54, 1.807) is 0 Å². The minimum Gasteiger partial charge on any atom is -0.548 e. The number of carbonyl (C=O) groups is 1. The summed E-state index contributed by atoms with van der Waals surface area (Å²) in [6, 6.07) is 20.9. The number of carbonyl (C=O) groups excluding carboxylic acids is 1. The second-order valence-corrected chi connectivity index (χ2v) is 5.77. The monoisotopic (exact) mass is 327 g/mol. The zero-order chi connectivity index (χ0) is 16.2. The average Bonchev–Trinajstić information content (AvgIpc) is 2.56. The van der Waals surface area contributed by atoms with Crippen molar-refractivity contribution in [3.05, 3.63) is 77.9 Å². The topological polar surface area (TPSA) is 52.2 Å². The zero-order valence-electron chi connectivity index (χ0n) is 14.0. The van der Waals surface area contributed by atoms with Crippen LogP contribution in [0.2, 0.25) is 0 Å². The minimum atomic E-state index is -1.10. The maximum absolute atomic E-state index is 11.5. The average molecular weight is 327 g/mol. The summed E-state index contributed by atoms with van der Waals surface area (Å²) in [7, 11) is 0. The molecule has 0 aliphatic rings. The molecule has 24 heavy (non-hydrogen) atoms. The summed E-state index contributed by atoms with van der Waals surface area (Å²) in [6.45, 7) is 2.00. The molecular formula is C20H18NNaO2. The van der Waals surface area contributed by atoms with Crippen LogP contribution in [0.1, 0.15) is 11.1 Å². The Labute approximate surface area is 164 Å². The Morgan fingerprint density at radius 1 is 1.00 bits per heavy atom. The number of anilines is 1. The molecule has 3 aromatic carbocycles. The summed E-state index contributed by atoms with van der Waals surface area (Å²) >= 11 is 0. The molecule has 0 spiro atoms. The van der Waals surface area contributed by atoms with E-state index in [1.165, 1.54) is 0 Å². The first-order valence-corrected chi connectivity index (χ1v) is 7.63. The van der Waals surface area contributed by atoms with E-state index in [1.807, 2.05) is 73.7 Å². The van der Waals surface area contributed by atoms with Gasteiger partial charge in [-0.2, -0.15) is 0 Å². The molecule has 0 aliphatic heterocycles. The molecule has 0 heterocycles. The van der Waals surface area contributed by atoms with Gasteiger partial charge in [-0.1, -0.05) is 60.2 Å². The van der Waals surface area contributed by atoms with Crippen molar-refractivity contribution in [1.29, 1.82) is 0 Å². The maximum Gasteiger partial charge on any atom is 1.00 e. The fraction of sp³-hybridized carbons (Fsp3) is 0.150. The molecule has 3 rings (SSSR count). The van der Waals surface area contributed by atoms with Crippen LogP contribution >= 0.6 is 0 Å². The van der Waals surface area contributed by atoms with Crippen LogP contribution in [0.4, 0.5) is 5.69 Å². The van der Waals surface area contributed by atoms with Crippen LogP contribution in [0.15, 0.2) is 66.7 Å². The van der Waals surface area contributed by atoms with Gasteiger partial charge in [0, 0.05) is 5.69 Å². The van der Waals surface area contributed by atoms with E-state index >= 15 is 0 Å². The number of nitrogens with one attached hydrogen (secondary N) is 1. The minimum absolute atomic E-state index is 0. The molecule has 116 valence electrons. The van der Waals surface area contributed by atoms with Crippen LogP contribution in [-0.4, -0.2) is 12.0 Å². The summed E-state index contributed by atoms with van der Waals surface area (Å²) in [4.78, 5) is 11.5. The normalized spacial score (nSPS) is 11.5. The van der Waals surface area contributed by atoms with Crippen molar-refractivity contribution in [2.24, 2.45) is 0 Å². The number of rotatable bonds is 5. The van der Waals surface area contributed by atoms with E-state index < -0.39 is 12.0 Å². The number of aryl methyl sites for hydroxylation is 1. The van der Waals surface area contributed by atoms with Crippen molar-refractivity contribution < 1.29 is 39.5 Å². The number of hydrogen-bond donors (Lipinski definition) is 1. The van der Waals surface area contributed by atoms with Gasteiger partial charge in [0.1, 0.15) is 0 Å². The van der Waals surface area contributed by atoms with Crippen LogP contribution in [-0.2, 0) is 11.2 Å². The second kappa shape index (κ2) is 8.34. The number of hydrogen-bond acceptors (Lipinski definition) is 3. The van der Waals surface area contributed by atoms with Crippen molar-refractivity contribution in [2.45, 2.75) is 19.4 Å². The van der Waals surface area contributed by atoms with Crippen LogP contribution < -0.4 is 40.0 Å². The van der Waals surface area contributed by atoms with Crippen LogP contribution in [0.5, 0.6) is 0 Å². The molecule has 0 radical (unpaired) electrons. The molecule has 0 aromatic heterocycles. The number of fused-ring (bicyclic) bond motifs is 1. The third-order valence-electron chi connectivity index (χ3n) is 3.93. The molecule has 0 saturated carbocycles. The molecular weight excluding hydrogens is 309 g/mol. The van der Waals surface area contributed by atoms with Gasteiger partial charge in [0.25, 0.3) is 0 Å². The van der Waals surface area contributed by atoms with E-state index in [-0.39, 0.29) is 29.6 Å². The fourth-order valence-electron chi connectivity index (χ4n) is 2.65. The van der Waals surface area contributed by atoms with Crippen molar-refractivity contribution in [2.75, 3.05) is 5.32 Å². The largest absolute Gasteiger partial charge is 1.00 e. The Balaban J connectivity index is 0.00000208. The third-order valence-corrected chi connectivity index (χ3v) is 3.93. The molecule has 1 N–H and O–H groups in total. The Kier molecular flexibility index (Phi) is 6.44. The number of benzene rings is 3. The van der Waals surface area contributed by atoms with E-state index in [9.17, 15) is 9.90 Å². The fourth-order valence-corrected chi connectivity index (χ4v) is 2.65. The van der Waals surface area contributed by atoms with Crippen LogP contribution in [0.25, 0.3) is 10.8 Å². The predicted octanol–water partition coefficient (Wildman–Crippen LogP) is -0.0747. The predicted molar refractivity (Wildman–Crippen MR) is 91.2 cm³/mol. The van der Waals surface area contributed by atoms with Crippen LogP contribution in [0, 0.1) is 6.92 Å². The van der Waals surface area contributed by atoms with Gasteiger partial charge in [-0.05, 0) is 41.8 Å². The van der Waals surface area contributed by atoms with Gasteiger partial charge in [-0.3, -0.25) is 0 Å². The van der Waals surface area contributed by atoms with Gasteiger partial charge in [-0.15, -0.1) is 0 Å². The van der Waals surface area contributed by atoms with E-state index in [2.05, 4.69) is 5.32 Å². The van der Waals surface area contributed by atoms with Gasteiger partial charge >= 0.3 is 29.6 Å². The summed E-state index contributed by atoms with van der Waals surface area (Å²) < 4.78 is 0. The first-order chi connectivity index (χ1) is 11.1. The standard InChI is InChI=1S/C20H19NO2.Na/c1-14-6-10-18(11-7-14)21-19(20(22)23)13-15-8-9-16-4-2-3-5-17(16)12-15;/h2-12,19,21H,13H2,1H3,(H,22,23);/q;+1/p-1. The molecule has 3 nitrogen and oxygen atoms in total. The Morgan fingerprint density at radius 2 is 1.67 bits per heavy atom. The number of aliphatic carboxylic acids is 1. The van der Waals surface area contributed by atoms with E-state index in [4.69, 9.17) is 0 Å². The Bertz CT molecular complexity index is 830. The molecule has 1 unspecified atom stereocenters. The second-order valence-electron chi connectivity index (χ2n) is 5.77. The molecule has 3 aromatic rings. The zero-order valence-corrected chi connectivity index (χ0v) is 16.0. The maximum atomic E-state index is 11.5. The van der Waals surface area contributed by atoms with Gasteiger partial charge in [0.05, 0.1) is 12.0 Å². The Morgan fingerprint density at radius 3 is 2.33 bits per heavy atom. The number of carboxylic acid groups (broad SMARTS) is 1. The van der Waals surface area contributed by atoms with Gasteiger partial charge in [-0.25, -0.2) is 0 Å². The van der Waals surface area contributed by atoms with E-state index in [0.717, 1.165) is 27.6 Å². The molecule has 0 fully saturated rings. The number of carboxylic acids is 1. The van der Waals surface area contributed by atoms with Crippen molar-refractivity contribution >= 4 is 22.4 Å². The van der Waals surface area contributed by atoms with Gasteiger partial charge < -0.3 is 15.2 Å². The quantitative estimate of drug-likeness (QED) is 0.667. The summed E-state index contributed by atoms with van der Waals surface area (Å²) in [5, 5.41) is 16.8. The van der Waals surface area contributed by atoms with Gasteiger partial charge in [0.15, 0.2) is 0 Å². The van der Waals surface area contributed by atoms with Crippen LogP contribution in [0.3, 0.4) is 0 Å². The molecule has 0 saturated heterocycles. The summed E-state index contributed by atoms with van der Waals surface area (Å²) in [5.41, 5.74) is 2.89. The molecule has 0 bridgehead atoms. The first-order valence-electron chi connectivity index (χ1n) is 7.63.